The molecular formula is C13H21NO. The Balaban J connectivity index is 1.65. The van der Waals surface area contributed by atoms with Gasteiger partial charge in [0, 0.05) is 12.5 Å². The largest absolute Gasteiger partial charge is 0.469 e. The second-order valence-electron chi connectivity index (χ2n) is 4.91. The fourth-order valence-electron chi connectivity index (χ4n) is 2.02. The van der Waals surface area contributed by atoms with E-state index in [0.717, 1.165) is 30.6 Å². The molecule has 1 aliphatic rings. The third-order valence-corrected chi connectivity index (χ3v) is 3.30. The molecule has 2 atom stereocenters. The van der Waals surface area contributed by atoms with Gasteiger partial charge in [-0.1, -0.05) is 6.92 Å². The van der Waals surface area contributed by atoms with Crippen LogP contribution in [0.4, 0.5) is 0 Å². The summed E-state index contributed by atoms with van der Waals surface area (Å²) in [6.45, 7) is 5.72. The summed E-state index contributed by atoms with van der Waals surface area (Å²) >= 11 is 0. The van der Waals surface area contributed by atoms with Crippen molar-refractivity contribution < 1.29 is 4.42 Å². The summed E-state index contributed by atoms with van der Waals surface area (Å²) in [6, 6.07) is 4.51. The molecule has 1 fully saturated rings. The molecule has 1 aliphatic carbocycles. The maximum absolute atomic E-state index is 5.33. The van der Waals surface area contributed by atoms with Crippen molar-refractivity contribution in [1.82, 2.24) is 5.32 Å². The van der Waals surface area contributed by atoms with Gasteiger partial charge in [-0.2, -0.15) is 0 Å². The Morgan fingerprint density at radius 1 is 1.47 bits per heavy atom. The van der Waals surface area contributed by atoms with Crippen molar-refractivity contribution in [2.24, 2.45) is 11.8 Å². The summed E-state index contributed by atoms with van der Waals surface area (Å²) in [4.78, 5) is 0. The lowest BCUT2D eigenvalue weighted by Gasteiger charge is -2.16. The van der Waals surface area contributed by atoms with Crippen LogP contribution in [-0.4, -0.2) is 12.6 Å². The molecule has 1 aromatic rings. The van der Waals surface area contributed by atoms with Gasteiger partial charge in [0.15, 0.2) is 0 Å². The normalized spacial score (nSPS) is 20.1. The first-order valence-corrected chi connectivity index (χ1v) is 6.01. The molecule has 1 saturated carbocycles. The number of rotatable bonds is 6. The van der Waals surface area contributed by atoms with Crippen molar-refractivity contribution in [3.63, 3.8) is 0 Å². The van der Waals surface area contributed by atoms with Crippen molar-refractivity contribution >= 4 is 0 Å². The minimum absolute atomic E-state index is 0.511. The van der Waals surface area contributed by atoms with Crippen molar-refractivity contribution in [2.45, 2.75) is 39.2 Å². The second-order valence-corrected chi connectivity index (χ2v) is 4.91. The Kier molecular flexibility index (Phi) is 3.47. The topological polar surface area (TPSA) is 25.2 Å². The summed E-state index contributed by atoms with van der Waals surface area (Å²) in [7, 11) is 0. The Morgan fingerprint density at radius 2 is 2.27 bits per heavy atom. The third-order valence-electron chi connectivity index (χ3n) is 3.30. The van der Waals surface area contributed by atoms with E-state index in [9.17, 15) is 0 Å². The number of hydrogen-bond donors (Lipinski definition) is 1. The predicted molar refractivity (Wildman–Crippen MR) is 61.8 cm³/mol. The molecule has 0 saturated heterocycles. The molecule has 0 amide bonds. The fraction of sp³-hybridized carbons (Fsp3) is 0.692. The maximum Gasteiger partial charge on any atom is 0.105 e. The molecule has 2 nitrogen and oxygen atoms in total. The highest BCUT2D eigenvalue weighted by molar-refractivity contribution is 5.00. The first-order valence-electron chi connectivity index (χ1n) is 6.01. The van der Waals surface area contributed by atoms with Gasteiger partial charge in [0.2, 0.25) is 0 Å². The van der Waals surface area contributed by atoms with E-state index in [4.69, 9.17) is 4.42 Å². The average Bonchev–Trinajstić information content (AvgIpc) is 2.95. The lowest BCUT2D eigenvalue weighted by molar-refractivity contribution is 0.405. The lowest BCUT2D eigenvalue weighted by atomic mass is 10.1. The quantitative estimate of drug-likeness (QED) is 0.776. The van der Waals surface area contributed by atoms with Crippen LogP contribution in [0.15, 0.2) is 22.8 Å². The van der Waals surface area contributed by atoms with Crippen LogP contribution in [0.2, 0.25) is 0 Å². The number of furan rings is 1. The van der Waals surface area contributed by atoms with Gasteiger partial charge < -0.3 is 9.73 Å². The zero-order valence-corrected chi connectivity index (χ0v) is 9.70. The monoisotopic (exact) mass is 207 g/mol. The average molecular weight is 207 g/mol. The van der Waals surface area contributed by atoms with Crippen LogP contribution in [-0.2, 0) is 6.42 Å². The Bertz CT molecular complexity index is 277. The SMILES string of the molecule is CC(Cc1ccco1)NCC(C)C1CC1. The van der Waals surface area contributed by atoms with Gasteiger partial charge >= 0.3 is 0 Å². The molecule has 2 unspecified atom stereocenters. The maximum atomic E-state index is 5.33. The summed E-state index contributed by atoms with van der Waals surface area (Å²) < 4.78 is 5.33. The molecule has 0 radical (unpaired) electrons. The minimum Gasteiger partial charge on any atom is -0.469 e. The summed E-state index contributed by atoms with van der Waals surface area (Å²) in [5, 5.41) is 3.58. The molecule has 1 heterocycles. The van der Waals surface area contributed by atoms with Crippen LogP contribution in [0, 0.1) is 11.8 Å². The third kappa shape index (κ3) is 3.38. The molecule has 2 rings (SSSR count). The zero-order chi connectivity index (χ0) is 10.7. The summed E-state index contributed by atoms with van der Waals surface area (Å²) in [5.74, 6) is 2.91. The molecule has 0 aliphatic heterocycles. The molecular weight excluding hydrogens is 186 g/mol. The van der Waals surface area contributed by atoms with Crippen LogP contribution in [0.5, 0.6) is 0 Å². The van der Waals surface area contributed by atoms with Gasteiger partial charge in [0.25, 0.3) is 0 Å². The molecule has 0 aromatic carbocycles. The summed E-state index contributed by atoms with van der Waals surface area (Å²) in [5.41, 5.74) is 0. The van der Waals surface area contributed by atoms with Crippen LogP contribution >= 0.6 is 0 Å². The molecule has 0 bridgehead atoms. The van der Waals surface area contributed by atoms with Crippen LogP contribution in [0.25, 0.3) is 0 Å². The van der Waals surface area contributed by atoms with Gasteiger partial charge in [0.1, 0.15) is 5.76 Å². The van der Waals surface area contributed by atoms with Gasteiger partial charge in [-0.25, -0.2) is 0 Å². The molecule has 1 N–H and O–H groups in total. The fourth-order valence-corrected chi connectivity index (χ4v) is 2.02. The van der Waals surface area contributed by atoms with E-state index in [1.165, 1.54) is 12.8 Å². The number of hydrogen-bond acceptors (Lipinski definition) is 2. The highest BCUT2D eigenvalue weighted by atomic mass is 16.3. The first kappa shape index (κ1) is 10.7. The molecule has 84 valence electrons. The van der Waals surface area contributed by atoms with E-state index in [-0.39, 0.29) is 0 Å². The zero-order valence-electron chi connectivity index (χ0n) is 9.70. The van der Waals surface area contributed by atoms with Crippen molar-refractivity contribution in [3.05, 3.63) is 24.2 Å². The Labute approximate surface area is 92.1 Å². The van der Waals surface area contributed by atoms with E-state index in [0.29, 0.717) is 6.04 Å². The predicted octanol–water partition coefficient (Wildman–Crippen LogP) is 2.85. The van der Waals surface area contributed by atoms with Gasteiger partial charge in [0.05, 0.1) is 6.26 Å². The standard InChI is InChI=1S/C13H21NO/c1-10(12-5-6-12)9-14-11(2)8-13-4-3-7-15-13/h3-4,7,10-12,14H,5-6,8-9H2,1-2H3. The van der Waals surface area contributed by atoms with Gasteiger partial charge in [-0.15, -0.1) is 0 Å². The molecule has 1 aromatic heterocycles. The smallest absolute Gasteiger partial charge is 0.105 e. The molecule has 0 spiro atoms. The van der Waals surface area contributed by atoms with Crippen molar-refractivity contribution in [2.75, 3.05) is 6.54 Å². The van der Waals surface area contributed by atoms with Gasteiger partial charge in [-0.05, 0) is 50.3 Å². The van der Waals surface area contributed by atoms with Crippen LogP contribution < -0.4 is 5.32 Å². The van der Waals surface area contributed by atoms with E-state index in [1.807, 2.05) is 12.1 Å². The van der Waals surface area contributed by atoms with Crippen molar-refractivity contribution in [1.29, 1.82) is 0 Å². The second kappa shape index (κ2) is 4.84. The van der Waals surface area contributed by atoms with E-state index in [2.05, 4.69) is 19.2 Å². The van der Waals surface area contributed by atoms with Gasteiger partial charge in [-0.3, -0.25) is 0 Å². The van der Waals surface area contributed by atoms with E-state index >= 15 is 0 Å². The highest BCUT2D eigenvalue weighted by Crippen LogP contribution is 2.36. The van der Waals surface area contributed by atoms with Crippen molar-refractivity contribution in [3.8, 4) is 0 Å². The first-order chi connectivity index (χ1) is 7.25. The minimum atomic E-state index is 0.511. The summed E-state index contributed by atoms with van der Waals surface area (Å²) in [6.07, 6.45) is 5.62. The van der Waals surface area contributed by atoms with Crippen LogP contribution in [0.3, 0.4) is 0 Å². The number of nitrogens with one attached hydrogen (secondary N) is 1. The Hall–Kier alpha value is -0.760. The van der Waals surface area contributed by atoms with E-state index < -0.39 is 0 Å². The lowest BCUT2D eigenvalue weighted by Crippen LogP contribution is -2.32. The van der Waals surface area contributed by atoms with Crippen LogP contribution in [0.1, 0.15) is 32.4 Å². The molecule has 2 heteroatoms. The molecule has 15 heavy (non-hydrogen) atoms. The highest BCUT2D eigenvalue weighted by Gasteiger charge is 2.27. The van der Waals surface area contributed by atoms with E-state index in [1.54, 1.807) is 6.26 Å². The Morgan fingerprint density at radius 3 is 2.87 bits per heavy atom.